The molecule has 18 heavy (non-hydrogen) atoms. The molecule has 0 radical (unpaired) electrons. The van der Waals surface area contributed by atoms with Crippen molar-refractivity contribution in [3.63, 3.8) is 0 Å². The van der Waals surface area contributed by atoms with Crippen molar-refractivity contribution < 1.29 is 9.90 Å². The molecular formula is C13H12N2O3. The van der Waals surface area contributed by atoms with Crippen LogP contribution in [0.1, 0.15) is 15.9 Å². The van der Waals surface area contributed by atoms with Crippen LogP contribution in [0.25, 0.3) is 0 Å². The Morgan fingerprint density at radius 1 is 1.28 bits per heavy atom. The summed E-state index contributed by atoms with van der Waals surface area (Å²) in [5.74, 6) is -0.318. The van der Waals surface area contributed by atoms with Crippen LogP contribution in [-0.2, 0) is 6.61 Å². The van der Waals surface area contributed by atoms with Crippen LogP contribution in [0.2, 0.25) is 0 Å². The van der Waals surface area contributed by atoms with Crippen LogP contribution in [0.5, 0.6) is 0 Å². The highest BCUT2D eigenvalue weighted by Crippen LogP contribution is 2.11. The summed E-state index contributed by atoms with van der Waals surface area (Å²) in [6.45, 7) is -0.0810. The molecule has 1 aromatic carbocycles. The Balaban J connectivity index is 2.15. The molecule has 0 aliphatic heterocycles. The number of aromatic nitrogens is 1. The summed E-state index contributed by atoms with van der Waals surface area (Å²) in [7, 11) is 0. The number of carbonyl (C=O) groups is 1. The zero-order valence-electron chi connectivity index (χ0n) is 9.51. The lowest BCUT2D eigenvalue weighted by atomic mass is 10.2. The minimum atomic E-state index is -0.318. The van der Waals surface area contributed by atoms with Gasteiger partial charge in [-0.15, -0.1) is 0 Å². The van der Waals surface area contributed by atoms with Crippen LogP contribution >= 0.6 is 0 Å². The Morgan fingerprint density at radius 2 is 2.11 bits per heavy atom. The van der Waals surface area contributed by atoms with Crippen molar-refractivity contribution in [2.24, 2.45) is 0 Å². The van der Waals surface area contributed by atoms with E-state index in [1.165, 1.54) is 18.3 Å². The smallest absolute Gasteiger partial charge is 0.257 e. The maximum Gasteiger partial charge on any atom is 0.257 e. The lowest BCUT2D eigenvalue weighted by molar-refractivity contribution is 0.102. The van der Waals surface area contributed by atoms with E-state index < -0.39 is 0 Å². The van der Waals surface area contributed by atoms with Gasteiger partial charge in [0.05, 0.1) is 12.2 Å². The third kappa shape index (κ3) is 2.83. The van der Waals surface area contributed by atoms with Gasteiger partial charge in [-0.25, -0.2) is 0 Å². The van der Waals surface area contributed by atoms with Gasteiger partial charge in [-0.1, -0.05) is 12.1 Å². The third-order valence-corrected chi connectivity index (χ3v) is 2.41. The molecule has 0 aliphatic carbocycles. The number of nitrogens with one attached hydrogen (secondary N) is 2. The van der Waals surface area contributed by atoms with Gasteiger partial charge in [0.2, 0.25) is 5.56 Å². The summed E-state index contributed by atoms with van der Waals surface area (Å²) in [4.78, 5) is 25.1. The van der Waals surface area contributed by atoms with Crippen molar-refractivity contribution in [2.45, 2.75) is 6.61 Å². The Bertz CT molecular complexity index is 599. The Hall–Kier alpha value is -2.40. The lowest BCUT2D eigenvalue weighted by Crippen LogP contribution is -2.14. The molecule has 0 spiro atoms. The molecule has 0 saturated carbocycles. The number of benzene rings is 1. The number of aliphatic hydroxyl groups excluding tert-OH is 1. The molecule has 0 saturated heterocycles. The van der Waals surface area contributed by atoms with Gasteiger partial charge in [0.25, 0.3) is 5.91 Å². The van der Waals surface area contributed by atoms with E-state index >= 15 is 0 Å². The fourth-order valence-corrected chi connectivity index (χ4v) is 1.50. The number of H-pyrrole nitrogens is 1. The van der Waals surface area contributed by atoms with E-state index in [1.54, 1.807) is 24.3 Å². The topological polar surface area (TPSA) is 82.2 Å². The normalized spacial score (nSPS) is 10.1. The highest BCUT2D eigenvalue weighted by Gasteiger charge is 2.06. The van der Waals surface area contributed by atoms with Crippen LogP contribution < -0.4 is 10.9 Å². The first-order valence-corrected chi connectivity index (χ1v) is 5.39. The zero-order valence-corrected chi connectivity index (χ0v) is 9.51. The van der Waals surface area contributed by atoms with Gasteiger partial charge in [-0.05, 0) is 23.8 Å². The van der Waals surface area contributed by atoms with Crippen LogP contribution in [0.4, 0.5) is 5.69 Å². The predicted octanol–water partition coefficient (Wildman–Crippen LogP) is 1.12. The van der Waals surface area contributed by atoms with E-state index in [0.29, 0.717) is 16.8 Å². The molecule has 92 valence electrons. The van der Waals surface area contributed by atoms with Crippen molar-refractivity contribution in [3.8, 4) is 0 Å². The molecule has 0 atom stereocenters. The molecule has 0 aliphatic rings. The Morgan fingerprint density at radius 3 is 2.78 bits per heavy atom. The van der Waals surface area contributed by atoms with Crippen LogP contribution in [0.15, 0.2) is 47.4 Å². The molecule has 5 heteroatoms. The second kappa shape index (κ2) is 5.29. The molecule has 1 heterocycles. The highest BCUT2D eigenvalue weighted by atomic mass is 16.3. The van der Waals surface area contributed by atoms with Crippen molar-refractivity contribution in [3.05, 3.63) is 64.1 Å². The lowest BCUT2D eigenvalue weighted by Gasteiger charge is -2.06. The number of aromatic amines is 1. The molecule has 2 rings (SSSR count). The maximum atomic E-state index is 11.8. The van der Waals surface area contributed by atoms with Gasteiger partial charge in [-0.3, -0.25) is 9.59 Å². The van der Waals surface area contributed by atoms with Crippen molar-refractivity contribution in [1.82, 2.24) is 4.98 Å². The Labute approximate surface area is 103 Å². The second-order valence-electron chi connectivity index (χ2n) is 3.75. The third-order valence-electron chi connectivity index (χ3n) is 2.41. The average Bonchev–Trinajstić information content (AvgIpc) is 2.39. The van der Waals surface area contributed by atoms with Gasteiger partial charge >= 0.3 is 0 Å². The van der Waals surface area contributed by atoms with Crippen molar-refractivity contribution in [2.75, 3.05) is 5.32 Å². The average molecular weight is 244 g/mol. The van der Waals surface area contributed by atoms with Gasteiger partial charge in [-0.2, -0.15) is 0 Å². The fraction of sp³-hybridized carbons (Fsp3) is 0.0769. The summed E-state index contributed by atoms with van der Waals surface area (Å²) in [6.07, 6.45) is 1.35. The molecule has 5 nitrogen and oxygen atoms in total. The van der Waals surface area contributed by atoms with Gasteiger partial charge < -0.3 is 15.4 Å². The number of aliphatic hydroxyl groups is 1. The standard InChI is InChI=1S/C13H12N2O3/c16-8-9-2-1-3-11(6-9)15-13(18)10-4-5-12(17)14-7-10/h1-7,16H,8H2,(H,14,17)(H,15,18). The summed E-state index contributed by atoms with van der Waals surface area (Å²) < 4.78 is 0. The molecule has 1 amide bonds. The summed E-state index contributed by atoms with van der Waals surface area (Å²) in [6, 6.07) is 9.65. The van der Waals surface area contributed by atoms with Gasteiger partial charge in [0, 0.05) is 18.0 Å². The molecular weight excluding hydrogens is 232 g/mol. The minimum absolute atomic E-state index is 0.0810. The summed E-state index contributed by atoms with van der Waals surface area (Å²) in [5.41, 5.74) is 1.42. The van der Waals surface area contributed by atoms with Crippen molar-refractivity contribution >= 4 is 11.6 Å². The number of hydrogen-bond acceptors (Lipinski definition) is 3. The predicted molar refractivity (Wildman–Crippen MR) is 67.4 cm³/mol. The number of carbonyl (C=O) groups excluding carboxylic acids is 1. The number of anilines is 1. The first-order valence-electron chi connectivity index (χ1n) is 5.39. The van der Waals surface area contributed by atoms with Crippen LogP contribution in [0, 0.1) is 0 Å². The van der Waals surface area contributed by atoms with Gasteiger partial charge in [0.15, 0.2) is 0 Å². The molecule has 1 aromatic heterocycles. The van der Waals surface area contributed by atoms with E-state index in [1.807, 2.05) is 0 Å². The first-order chi connectivity index (χ1) is 8.69. The van der Waals surface area contributed by atoms with E-state index in [9.17, 15) is 9.59 Å². The molecule has 3 N–H and O–H groups in total. The van der Waals surface area contributed by atoms with E-state index in [0.717, 1.165) is 0 Å². The number of amides is 1. The largest absolute Gasteiger partial charge is 0.392 e. The Kier molecular flexibility index (Phi) is 3.54. The molecule has 2 aromatic rings. The second-order valence-corrected chi connectivity index (χ2v) is 3.75. The van der Waals surface area contributed by atoms with Crippen LogP contribution in [-0.4, -0.2) is 16.0 Å². The van der Waals surface area contributed by atoms with Crippen molar-refractivity contribution in [1.29, 1.82) is 0 Å². The molecule has 0 unspecified atom stereocenters. The van der Waals surface area contributed by atoms with Crippen LogP contribution in [0.3, 0.4) is 0 Å². The number of hydrogen-bond donors (Lipinski definition) is 3. The van der Waals surface area contributed by atoms with E-state index in [2.05, 4.69) is 10.3 Å². The minimum Gasteiger partial charge on any atom is -0.392 e. The SMILES string of the molecule is O=C(Nc1cccc(CO)c1)c1ccc(=O)[nH]c1. The molecule has 0 bridgehead atoms. The fourth-order valence-electron chi connectivity index (χ4n) is 1.50. The van der Waals surface area contributed by atoms with E-state index in [4.69, 9.17) is 5.11 Å². The monoisotopic (exact) mass is 244 g/mol. The summed E-state index contributed by atoms with van der Waals surface area (Å²) >= 11 is 0. The zero-order chi connectivity index (χ0) is 13.0. The first kappa shape index (κ1) is 12.1. The number of pyridine rings is 1. The highest BCUT2D eigenvalue weighted by molar-refractivity contribution is 6.04. The van der Waals surface area contributed by atoms with Gasteiger partial charge in [0.1, 0.15) is 0 Å². The quantitative estimate of drug-likeness (QED) is 0.756. The number of rotatable bonds is 3. The summed E-state index contributed by atoms with van der Waals surface area (Å²) in [5, 5.41) is 11.7. The van der Waals surface area contributed by atoms with E-state index in [-0.39, 0.29) is 18.1 Å². The maximum absolute atomic E-state index is 11.8. The molecule has 0 fully saturated rings.